The Labute approximate surface area is 113 Å². The smallest absolute Gasteiger partial charge is 0.184 e. The minimum Gasteiger partial charge on any atom is -0.497 e. The number of hydrogen-bond donors (Lipinski definition) is 0. The van der Waals surface area contributed by atoms with Crippen molar-refractivity contribution in [2.45, 2.75) is 26.2 Å². The third-order valence-electron chi connectivity index (χ3n) is 3.47. The van der Waals surface area contributed by atoms with E-state index in [1.54, 1.807) is 7.11 Å². The van der Waals surface area contributed by atoms with Gasteiger partial charge in [0, 0.05) is 17.4 Å². The van der Waals surface area contributed by atoms with E-state index in [0.29, 0.717) is 6.61 Å². The van der Waals surface area contributed by atoms with Crippen molar-refractivity contribution in [1.29, 1.82) is 0 Å². The van der Waals surface area contributed by atoms with Crippen molar-refractivity contribution in [3.63, 3.8) is 0 Å². The lowest BCUT2D eigenvalue weighted by atomic mass is 9.94. The predicted octanol–water partition coefficient (Wildman–Crippen LogP) is 2.58. The summed E-state index contributed by atoms with van der Waals surface area (Å²) < 4.78 is 16.7. The zero-order chi connectivity index (χ0) is 13.8. The van der Waals surface area contributed by atoms with Crippen molar-refractivity contribution in [1.82, 2.24) is 0 Å². The second-order valence-corrected chi connectivity index (χ2v) is 5.01. The Hall–Kier alpha value is -1.39. The SMILES string of the molecule is COc1ccc(C2OC[C@H](C)[C@H]([C@@H](C)C=O)O2)cc1. The summed E-state index contributed by atoms with van der Waals surface area (Å²) >= 11 is 0. The number of benzene rings is 1. The van der Waals surface area contributed by atoms with Crippen LogP contribution in [0.5, 0.6) is 5.75 Å². The van der Waals surface area contributed by atoms with Crippen LogP contribution in [0.1, 0.15) is 25.7 Å². The van der Waals surface area contributed by atoms with Gasteiger partial charge in [0.05, 0.1) is 19.8 Å². The molecule has 4 heteroatoms. The van der Waals surface area contributed by atoms with Crippen LogP contribution in [0.25, 0.3) is 0 Å². The highest BCUT2D eigenvalue weighted by atomic mass is 16.7. The van der Waals surface area contributed by atoms with E-state index in [1.165, 1.54) is 0 Å². The fourth-order valence-corrected chi connectivity index (χ4v) is 2.31. The van der Waals surface area contributed by atoms with Crippen molar-refractivity contribution < 1.29 is 19.0 Å². The van der Waals surface area contributed by atoms with Gasteiger partial charge in [-0.2, -0.15) is 0 Å². The molecule has 1 fully saturated rings. The second kappa shape index (κ2) is 6.17. The van der Waals surface area contributed by atoms with Crippen LogP contribution in [-0.4, -0.2) is 26.1 Å². The summed E-state index contributed by atoms with van der Waals surface area (Å²) in [6.45, 7) is 4.51. The molecular formula is C15H20O4. The van der Waals surface area contributed by atoms with Gasteiger partial charge < -0.3 is 19.0 Å². The lowest BCUT2D eigenvalue weighted by Gasteiger charge is -2.36. The molecule has 0 aliphatic carbocycles. The highest BCUT2D eigenvalue weighted by Crippen LogP contribution is 2.32. The van der Waals surface area contributed by atoms with Crippen LogP contribution in [-0.2, 0) is 14.3 Å². The van der Waals surface area contributed by atoms with Gasteiger partial charge in [-0.3, -0.25) is 0 Å². The Balaban J connectivity index is 2.10. The molecule has 1 aliphatic rings. The fourth-order valence-electron chi connectivity index (χ4n) is 2.31. The maximum absolute atomic E-state index is 10.9. The molecule has 1 saturated heterocycles. The summed E-state index contributed by atoms with van der Waals surface area (Å²) in [6.07, 6.45) is 0.435. The average Bonchev–Trinajstić information content (AvgIpc) is 2.47. The number of carbonyl (C=O) groups excluding carboxylic acids is 1. The van der Waals surface area contributed by atoms with Gasteiger partial charge in [-0.1, -0.05) is 26.0 Å². The Kier molecular flexibility index (Phi) is 4.56. The van der Waals surface area contributed by atoms with Gasteiger partial charge in [-0.15, -0.1) is 0 Å². The first-order valence-corrected chi connectivity index (χ1v) is 6.52. The molecule has 0 bridgehead atoms. The standard InChI is InChI=1S/C15H20O4/c1-10(8-16)14-11(2)9-18-15(19-14)12-4-6-13(17-3)7-5-12/h4-8,10-11,14-15H,9H2,1-3H3/t10-,11-,14-,15?/m0/s1. The zero-order valence-corrected chi connectivity index (χ0v) is 11.5. The topological polar surface area (TPSA) is 44.8 Å². The Bertz CT molecular complexity index is 415. The molecule has 4 atom stereocenters. The van der Waals surface area contributed by atoms with E-state index in [2.05, 4.69) is 0 Å². The zero-order valence-electron chi connectivity index (χ0n) is 11.5. The van der Waals surface area contributed by atoms with E-state index in [-0.39, 0.29) is 17.9 Å². The summed E-state index contributed by atoms with van der Waals surface area (Å²) in [5.74, 6) is 0.889. The van der Waals surface area contributed by atoms with E-state index in [0.717, 1.165) is 17.6 Å². The highest BCUT2D eigenvalue weighted by molar-refractivity contribution is 5.53. The van der Waals surface area contributed by atoms with Gasteiger partial charge in [0.1, 0.15) is 12.0 Å². The number of ether oxygens (including phenoxy) is 3. The summed E-state index contributed by atoms with van der Waals surface area (Å²) in [6, 6.07) is 7.58. The third-order valence-corrected chi connectivity index (χ3v) is 3.47. The Morgan fingerprint density at radius 1 is 1.37 bits per heavy atom. The first-order valence-electron chi connectivity index (χ1n) is 6.52. The van der Waals surface area contributed by atoms with Gasteiger partial charge >= 0.3 is 0 Å². The van der Waals surface area contributed by atoms with Crippen LogP contribution in [0.15, 0.2) is 24.3 Å². The van der Waals surface area contributed by atoms with E-state index < -0.39 is 6.29 Å². The number of rotatable bonds is 4. The maximum atomic E-state index is 10.9. The van der Waals surface area contributed by atoms with Crippen molar-refractivity contribution >= 4 is 6.29 Å². The summed E-state index contributed by atoms with van der Waals surface area (Å²) in [4.78, 5) is 10.9. The van der Waals surface area contributed by atoms with Gasteiger partial charge in [-0.25, -0.2) is 0 Å². The first kappa shape index (κ1) is 14.0. The second-order valence-electron chi connectivity index (χ2n) is 5.01. The Morgan fingerprint density at radius 3 is 2.63 bits per heavy atom. The molecule has 19 heavy (non-hydrogen) atoms. The van der Waals surface area contributed by atoms with Crippen molar-refractivity contribution in [2.75, 3.05) is 13.7 Å². The van der Waals surface area contributed by atoms with E-state index in [1.807, 2.05) is 38.1 Å². The lowest BCUT2D eigenvalue weighted by Crippen LogP contribution is -2.39. The van der Waals surface area contributed by atoms with E-state index >= 15 is 0 Å². The quantitative estimate of drug-likeness (QED) is 0.784. The minimum atomic E-state index is -0.408. The van der Waals surface area contributed by atoms with Crippen LogP contribution in [0.2, 0.25) is 0 Å². The molecule has 0 aromatic heterocycles. The number of methoxy groups -OCH3 is 1. The highest BCUT2D eigenvalue weighted by Gasteiger charge is 2.33. The molecule has 4 nitrogen and oxygen atoms in total. The van der Waals surface area contributed by atoms with Crippen molar-refractivity contribution in [3.05, 3.63) is 29.8 Å². The molecule has 2 rings (SSSR count). The molecule has 104 valence electrons. The summed E-state index contributed by atoms with van der Waals surface area (Å²) in [7, 11) is 1.63. The van der Waals surface area contributed by atoms with E-state index in [9.17, 15) is 4.79 Å². The average molecular weight is 264 g/mol. The maximum Gasteiger partial charge on any atom is 0.184 e. The Morgan fingerprint density at radius 2 is 2.05 bits per heavy atom. The lowest BCUT2D eigenvalue weighted by molar-refractivity contribution is -0.246. The molecule has 0 radical (unpaired) electrons. The number of aldehydes is 1. The fraction of sp³-hybridized carbons (Fsp3) is 0.533. The van der Waals surface area contributed by atoms with Gasteiger partial charge in [0.25, 0.3) is 0 Å². The monoisotopic (exact) mass is 264 g/mol. The molecule has 1 aromatic carbocycles. The molecule has 0 spiro atoms. The number of hydrogen-bond acceptors (Lipinski definition) is 4. The van der Waals surface area contributed by atoms with Gasteiger partial charge in [0.15, 0.2) is 6.29 Å². The molecule has 1 aromatic rings. The molecule has 1 unspecified atom stereocenters. The van der Waals surface area contributed by atoms with Crippen LogP contribution in [0.3, 0.4) is 0 Å². The normalized spacial score (nSPS) is 28.7. The van der Waals surface area contributed by atoms with Gasteiger partial charge in [0.2, 0.25) is 0 Å². The summed E-state index contributed by atoms with van der Waals surface area (Å²) in [5.41, 5.74) is 0.941. The van der Waals surface area contributed by atoms with Crippen molar-refractivity contribution in [3.8, 4) is 5.75 Å². The molecule has 0 N–H and O–H groups in total. The van der Waals surface area contributed by atoms with Crippen LogP contribution in [0.4, 0.5) is 0 Å². The van der Waals surface area contributed by atoms with Gasteiger partial charge in [-0.05, 0) is 12.1 Å². The predicted molar refractivity (Wildman–Crippen MR) is 71.0 cm³/mol. The van der Waals surface area contributed by atoms with Crippen LogP contribution < -0.4 is 4.74 Å². The summed E-state index contributed by atoms with van der Waals surface area (Å²) in [5, 5.41) is 0. The molecule has 0 amide bonds. The van der Waals surface area contributed by atoms with Crippen LogP contribution in [0, 0.1) is 11.8 Å². The van der Waals surface area contributed by atoms with Crippen LogP contribution >= 0.6 is 0 Å². The van der Waals surface area contributed by atoms with E-state index in [4.69, 9.17) is 14.2 Å². The molecule has 1 aliphatic heterocycles. The van der Waals surface area contributed by atoms with Crippen molar-refractivity contribution in [2.24, 2.45) is 11.8 Å². The molecule has 1 heterocycles. The minimum absolute atomic E-state index is 0.0987. The molecule has 0 saturated carbocycles. The first-order chi connectivity index (χ1) is 9.15. The largest absolute Gasteiger partial charge is 0.497 e. The number of carbonyl (C=O) groups is 1. The molecular weight excluding hydrogens is 244 g/mol. The third kappa shape index (κ3) is 3.14.